The predicted octanol–water partition coefficient (Wildman–Crippen LogP) is 5.09. The van der Waals surface area contributed by atoms with Gasteiger partial charge >= 0.3 is 0 Å². The number of anilines is 1. The number of hydrogen-bond acceptors (Lipinski definition) is 4. The van der Waals surface area contributed by atoms with Crippen molar-refractivity contribution < 1.29 is 4.74 Å². The van der Waals surface area contributed by atoms with Crippen LogP contribution in [0.5, 0.6) is 5.75 Å². The summed E-state index contributed by atoms with van der Waals surface area (Å²) in [5.74, 6) is 1.92. The topological polar surface area (TPSA) is 43.2 Å². The number of benzene rings is 2. The van der Waals surface area contributed by atoms with Crippen LogP contribution in [0.1, 0.15) is 19.8 Å². The maximum absolute atomic E-state index is 5.60. The molecule has 3 heterocycles. The first-order valence-corrected chi connectivity index (χ1v) is 10.2. The number of rotatable bonds is 5. The van der Waals surface area contributed by atoms with E-state index in [2.05, 4.69) is 57.0 Å². The molecule has 0 amide bonds. The van der Waals surface area contributed by atoms with Gasteiger partial charge in [0.25, 0.3) is 0 Å². The lowest BCUT2D eigenvalue weighted by atomic mass is 10.1. The Bertz CT molecular complexity index is 1110. The van der Waals surface area contributed by atoms with E-state index in [4.69, 9.17) is 9.72 Å². The quantitative estimate of drug-likeness (QED) is 0.481. The smallest absolute Gasteiger partial charge is 0.150 e. The van der Waals surface area contributed by atoms with Crippen LogP contribution in [0.2, 0.25) is 0 Å². The molecule has 0 radical (unpaired) electrons. The van der Waals surface area contributed by atoms with Gasteiger partial charge < -0.3 is 14.2 Å². The van der Waals surface area contributed by atoms with Gasteiger partial charge in [-0.2, -0.15) is 0 Å². The second kappa shape index (κ2) is 7.59. The summed E-state index contributed by atoms with van der Waals surface area (Å²) in [7, 11) is 0. The minimum atomic E-state index is 0.663. The highest BCUT2D eigenvalue weighted by molar-refractivity contribution is 6.02. The van der Waals surface area contributed by atoms with Crippen LogP contribution in [0.15, 0.2) is 67.1 Å². The van der Waals surface area contributed by atoms with Gasteiger partial charge in [0.15, 0.2) is 5.65 Å². The summed E-state index contributed by atoms with van der Waals surface area (Å²) in [5, 5.41) is 1.12. The molecule has 2 aromatic carbocycles. The van der Waals surface area contributed by atoms with Gasteiger partial charge in [-0.25, -0.2) is 9.97 Å². The third-order valence-corrected chi connectivity index (χ3v) is 5.48. The van der Waals surface area contributed by atoms with Crippen molar-refractivity contribution in [2.24, 2.45) is 0 Å². The highest BCUT2D eigenvalue weighted by Crippen LogP contribution is 2.37. The first-order chi connectivity index (χ1) is 14.3. The van der Waals surface area contributed by atoms with Crippen molar-refractivity contribution in [3.63, 3.8) is 0 Å². The van der Waals surface area contributed by atoms with E-state index in [1.807, 2.05) is 25.1 Å². The molecular formula is C24H24N4O. The molecule has 1 saturated heterocycles. The molecule has 1 fully saturated rings. The lowest BCUT2D eigenvalue weighted by Crippen LogP contribution is -2.19. The van der Waals surface area contributed by atoms with Crippen molar-refractivity contribution >= 4 is 16.9 Å². The van der Waals surface area contributed by atoms with E-state index in [0.717, 1.165) is 46.9 Å². The number of aromatic nitrogens is 3. The zero-order valence-corrected chi connectivity index (χ0v) is 16.6. The summed E-state index contributed by atoms with van der Waals surface area (Å²) < 4.78 is 7.77. The molecule has 1 aliphatic rings. The number of ether oxygens (including phenoxy) is 1. The zero-order valence-electron chi connectivity index (χ0n) is 16.6. The lowest BCUT2D eigenvalue weighted by molar-refractivity contribution is 0.340. The molecule has 0 spiro atoms. The van der Waals surface area contributed by atoms with Crippen LogP contribution < -0.4 is 9.64 Å². The predicted molar refractivity (Wildman–Crippen MR) is 117 cm³/mol. The summed E-state index contributed by atoms with van der Waals surface area (Å²) >= 11 is 0. The van der Waals surface area contributed by atoms with Gasteiger partial charge in [0.2, 0.25) is 0 Å². The Labute approximate surface area is 170 Å². The summed E-state index contributed by atoms with van der Waals surface area (Å²) in [6.07, 6.45) is 6.30. The Balaban J connectivity index is 1.72. The molecule has 0 aliphatic carbocycles. The second-order valence-electron chi connectivity index (χ2n) is 7.30. The first-order valence-electron chi connectivity index (χ1n) is 10.2. The first kappa shape index (κ1) is 17.7. The molecule has 5 nitrogen and oxygen atoms in total. The molecule has 5 heteroatoms. The Morgan fingerprint density at radius 2 is 1.69 bits per heavy atom. The molecule has 29 heavy (non-hydrogen) atoms. The van der Waals surface area contributed by atoms with Crippen LogP contribution in [0, 0.1) is 0 Å². The molecule has 146 valence electrons. The van der Waals surface area contributed by atoms with Crippen molar-refractivity contribution in [3.8, 4) is 22.6 Å². The Morgan fingerprint density at radius 3 is 2.41 bits per heavy atom. The molecule has 5 rings (SSSR count). The van der Waals surface area contributed by atoms with E-state index in [1.165, 1.54) is 18.4 Å². The number of nitrogens with zero attached hydrogens (tertiary/aromatic N) is 4. The van der Waals surface area contributed by atoms with Crippen LogP contribution in [-0.4, -0.2) is 34.2 Å². The average Bonchev–Trinajstić information content (AvgIpc) is 3.44. The van der Waals surface area contributed by atoms with E-state index >= 15 is 0 Å². The Morgan fingerprint density at radius 1 is 0.931 bits per heavy atom. The van der Waals surface area contributed by atoms with Crippen molar-refractivity contribution in [3.05, 3.63) is 67.1 Å². The molecule has 0 atom stereocenters. The second-order valence-corrected chi connectivity index (χ2v) is 7.30. The fourth-order valence-corrected chi connectivity index (χ4v) is 4.12. The lowest BCUT2D eigenvalue weighted by Gasteiger charge is -2.17. The van der Waals surface area contributed by atoms with Crippen LogP contribution in [0.3, 0.4) is 0 Å². The summed E-state index contributed by atoms with van der Waals surface area (Å²) in [4.78, 5) is 11.8. The van der Waals surface area contributed by atoms with E-state index in [-0.39, 0.29) is 0 Å². The molecular weight excluding hydrogens is 360 g/mol. The Kier molecular flexibility index (Phi) is 4.64. The maximum Gasteiger partial charge on any atom is 0.150 e. The summed E-state index contributed by atoms with van der Waals surface area (Å²) in [6.45, 7) is 4.76. The molecule has 4 aromatic rings. The molecule has 2 aromatic heterocycles. The van der Waals surface area contributed by atoms with E-state index in [9.17, 15) is 0 Å². The minimum Gasteiger partial charge on any atom is -0.494 e. The monoisotopic (exact) mass is 384 g/mol. The van der Waals surface area contributed by atoms with E-state index in [0.29, 0.717) is 6.61 Å². The number of fused-ring (bicyclic) bond motifs is 1. The van der Waals surface area contributed by atoms with Crippen LogP contribution in [0.4, 0.5) is 5.82 Å². The maximum atomic E-state index is 5.60. The third kappa shape index (κ3) is 3.23. The van der Waals surface area contributed by atoms with Gasteiger partial charge in [-0.1, -0.05) is 30.3 Å². The van der Waals surface area contributed by atoms with E-state index in [1.54, 1.807) is 6.33 Å². The molecule has 1 aliphatic heterocycles. The van der Waals surface area contributed by atoms with Crippen molar-refractivity contribution in [2.45, 2.75) is 19.8 Å². The molecule has 0 saturated carbocycles. The van der Waals surface area contributed by atoms with Crippen LogP contribution >= 0.6 is 0 Å². The Hall–Kier alpha value is -3.34. The highest BCUT2D eigenvalue weighted by Gasteiger charge is 2.22. The van der Waals surface area contributed by atoms with Gasteiger partial charge in [-0.3, -0.25) is 0 Å². The summed E-state index contributed by atoms with van der Waals surface area (Å²) in [6, 6.07) is 18.7. The van der Waals surface area contributed by atoms with Gasteiger partial charge in [0.05, 0.1) is 12.0 Å². The van der Waals surface area contributed by atoms with Crippen LogP contribution in [0.25, 0.3) is 27.8 Å². The average molecular weight is 384 g/mol. The van der Waals surface area contributed by atoms with Gasteiger partial charge in [-0.15, -0.1) is 0 Å². The highest BCUT2D eigenvalue weighted by atomic mass is 16.5. The van der Waals surface area contributed by atoms with Gasteiger partial charge in [0.1, 0.15) is 17.9 Å². The fraction of sp³-hybridized carbons (Fsp3) is 0.250. The third-order valence-electron chi connectivity index (χ3n) is 5.48. The molecule has 0 bridgehead atoms. The summed E-state index contributed by atoms with van der Waals surface area (Å²) in [5.41, 5.74) is 4.34. The van der Waals surface area contributed by atoms with E-state index < -0.39 is 0 Å². The SMILES string of the molecule is CCOc1ccc(-n2cc(-c3ccccc3)c3c(N4CCCC4)ncnc32)cc1. The van der Waals surface area contributed by atoms with Crippen molar-refractivity contribution in [2.75, 3.05) is 24.6 Å². The minimum absolute atomic E-state index is 0.663. The largest absolute Gasteiger partial charge is 0.494 e. The van der Waals surface area contributed by atoms with Gasteiger partial charge in [-0.05, 0) is 49.6 Å². The standard InChI is InChI=1S/C24H24N4O/c1-2-29-20-12-10-19(11-13-20)28-16-21(18-8-4-3-5-9-18)22-23(25-17-26-24(22)28)27-14-6-7-15-27/h3-5,8-13,16-17H,2,6-7,14-15H2,1H3. The molecule has 0 unspecified atom stereocenters. The number of hydrogen-bond donors (Lipinski definition) is 0. The fourth-order valence-electron chi connectivity index (χ4n) is 4.12. The normalized spacial score (nSPS) is 13.9. The van der Waals surface area contributed by atoms with Gasteiger partial charge in [0, 0.05) is 30.5 Å². The van der Waals surface area contributed by atoms with Crippen molar-refractivity contribution in [1.29, 1.82) is 0 Å². The van der Waals surface area contributed by atoms with Crippen LogP contribution in [-0.2, 0) is 0 Å². The van der Waals surface area contributed by atoms with Crippen molar-refractivity contribution in [1.82, 2.24) is 14.5 Å². The molecule has 0 N–H and O–H groups in total. The zero-order chi connectivity index (χ0) is 19.6.